The molecule has 0 bridgehead atoms. The molecule has 1 saturated heterocycles. The van der Waals surface area contributed by atoms with E-state index >= 15 is 0 Å². The molecule has 0 aromatic heterocycles. The van der Waals surface area contributed by atoms with Crippen molar-refractivity contribution in [3.05, 3.63) is 35.4 Å². The summed E-state index contributed by atoms with van der Waals surface area (Å²) in [5.41, 5.74) is 7.26. The third kappa shape index (κ3) is 3.71. The van der Waals surface area contributed by atoms with Gasteiger partial charge in [-0.2, -0.15) is 0 Å². The predicted octanol–water partition coefficient (Wildman–Crippen LogP) is 1.52. The van der Waals surface area contributed by atoms with Gasteiger partial charge in [0.2, 0.25) is 5.91 Å². The minimum Gasteiger partial charge on any atom is -0.291 e. The van der Waals surface area contributed by atoms with Gasteiger partial charge in [0.1, 0.15) is 0 Å². The maximum atomic E-state index is 11.8. The Morgan fingerprint density at radius 3 is 2.62 bits per heavy atom. The maximum absolute atomic E-state index is 11.8. The normalized spacial score (nSPS) is 23.8. The number of benzene rings is 1. The van der Waals surface area contributed by atoms with Crippen LogP contribution in [-0.4, -0.2) is 26.6 Å². The van der Waals surface area contributed by atoms with Gasteiger partial charge >= 0.3 is 0 Å². The molecule has 1 aromatic rings. The number of rotatable bonds is 3. The largest absolute Gasteiger partial charge is 0.291 e. The minimum atomic E-state index is -3.27. The summed E-state index contributed by atoms with van der Waals surface area (Å²) in [5.74, 6) is 0.128. The second-order valence-corrected chi connectivity index (χ2v) is 7.53. The van der Waals surface area contributed by atoms with Gasteiger partial charge in [0.25, 0.3) is 0 Å². The molecule has 1 aliphatic rings. The molecule has 0 aliphatic carbocycles. The maximum Gasteiger partial charge on any atom is 0.234 e. The number of nitrogens with one attached hydrogen (secondary N) is 2. The number of amides is 1. The molecule has 2 N–H and O–H groups in total. The second kappa shape index (κ2) is 5.99. The number of carbonyl (C=O) groups is 1. The molecule has 1 aliphatic heterocycles. The minimum absolute atomic E-state index is 0.00434. The summed E-state index contributed by atoms with van der Waals surface area (Å²) < 4.78 is 23.6. The average Bonchev–Trinajstić information content (AvgIpc) is 2.37. The molecule has 0 saturated carbocycles. The zero-order valence-corrected chi connectivity index (χ0v) is 13.2. The highest BCUT2D eigenvalue weighted by Gasteiger charge is 2.26. The summed E-state index contributed by atoms with van der Waals surface area (Å²) in [6.07, 6.45) is 3.52. The van der Waals surface area contributed by atoms with Crippen LogP contribution in [0.5, 0.6) is 0 Å². The molecule has 21 heavy (non-hydrogen) atoms. The van der Waals surface area contributed by atoms with E-state index < -0.39 is 9.84 Å². The van der Waals surface area contributed by atoms with E-state index in [1.54, 1.807) is 18.2 Å². The zero-order chi connectivity index (χ0) is 15.6. The van der Waals surface area contributed by atoms with Crippen molar-refractivity contribution in [1.82, 2.24) is 10.9 Å². The Bertz CT molecular complexity index is 680. The molecule has 2 atom stereocenters. The molecule has 0 spiro atoms. The number of hydrazine groups is 1. The van der Waals surface area contributed by atoms with Crippen molar-refractivity contribution in [3.8, 4) is 0 Å². The van der Waals surface area contributed by atoms with Gasteiger partial charge in [-0.3, -0.25) is 10.2 Å². The molecular formula is C15H20N2O3S. The summed E-state index contributed by atoms with van der Waals surface area (Å²) in [5, 5.41) is 0. The van der Waals surface area contributed by atoms with E-state index in [9.17, 15) is 13.2 Å². The van der Waals surface area contributed by atoms with Crippen LogP contribution in [0.4, 0.5) is 0 Å². The van der Waals surface area contributed by atoms with Crippen LogP contribution < -0.4 is 10.9 Å². The van der Waals surface area contributed by atoms with Gasteiger partial charge < -0.3 is 0 Å². The van der Waals surface area contributed by atoms with Crippen LogP contribution in [-0.2, 0) is 14.6 Å². The van der Waals surface area contributed by atoms with Crippen LogP contribution in [0.1, 0.15) is 25.8 Å². The van der Waals surface area contributed by atoms with Crippen LogP contribution in [0.2, 0.25) is 0 Å². The van der Waals surface area contributed by atoms with Crippen molar-refractivity contribution in [2.75, 3.05) is 6.26 Å². The Labute approximate surface area is 125 Å². The number of hydrogen-bond acceptors (Lipinski definition) is 4. The molecular weight excluding hydrogens is 288 g/mol. The first-order valence-corrected chi connectivity index (χ1v) is 8.70. The molecule has 114 valence electrons. The van der Waals surface area contributed by atoms with Crippen molar-refractivity contribution >= 4 is 21.8 Å². The summed E-state index contributed by atoms with van der Waals surface area (Å²) in [6, 6.07) is 6.91. The molecule has 1 aromatic carbocycles. The first kappa shape index (κ1) is 15.7. The van der Waals surface area contributed by atoms with Crippen LogP contribution >= 0.6 is 0 Å². The summed E-state index contributed by atoms with van der Waals surface area (Å²) in [6.45, 7) is 3.93. The lowest BCUT2D eigenvalue weighted by Crippen LogP contribution is -2.53. The van der Waals surface area contributed by atoms with E-state index in [4.69, 9.17) is 0 Å². The van der Waals surface area contributed by atoms with Crippen molar-refractivity contribution in [2.45, 2.75) is 31.2 Å². The third-order valence-electron chi connectivity index (χ3n) is 3.64. The van der Waals surface area contributed by atoms with Gasteiger partial charge in [0.05, 0.1) is 10.9 Å². The van der Waals surface area contributed by atoms with Crippen molar-refractivity contribution < 1.29 is 13.2 Å². The van der Waals surface area contributed by atoms with Crippen LogP contribution in [0, 0.1) is 5.92 Å². The monoisotopic (exact) mass is 308 g/mol. The molecule has 6 heteroatoms. The van der Waals surface area contributed by atoms with Crippen LogP contribution in [0.15, 0.2) is 34.7 Å². The topological polar surface area (TPSA) is 75.3 Å². The fourth-order valence-corrected chi connectivity index (χ4v) is 3.48. The van der Waals surface area contributed by atoms with Crippen LogP contribution in [0.3, 0.4) is 0 Å². The molecule has 2 unspecified atom stereocenters. The lowest BCUT2D eigenvalue weighted by molar-refractivity contribution is -0.125. The smallest absolute Gasteiger partial charge is 0.234 e. The Hall–Kier alpha value is -1.66. The second-order valence-electron chi connectivity index (χ2n) is 5.55. The highest BCUT2D eigenvalue weighted by molar-refractivity contribution is 7.90. The lowest BCUT2D eigenvalue weighted by atomic mass is 9.90. The highest BCUT2D eigenvalue weighted by atomic mass is 32.2. The first-order valence-electron chi connectivity index (χ1n) is 6.80. The highest BCUT2D eigenvalue weighted by Crippen LogP contribution is 2.23. The molecule has 1 amide bonds. The fourth-order valence-electron chi connectivity index (χ4n) is 2.60. The lowest BCUT2D eigenvalue weighted by Gasteiger charge is -2.30. The Morgan fingerprint density at radius 2 is 2.00 bits per heavy atom. The number of carbonyl (C=O) groups excluding carboxylic acids is 1. The van der Waals surface area contributed by atoms with Gasteiger partial charge in [0.15, 0.2) is 9.84 Å². The summed E-state index contributed by atoms with van der Waals surface area (Å²) in [4.78, 5) is 11.6. The van der Waals surface area contributed by atoms with Crippen LogP contribution in [0.25, 0.3) is 6.08 Å². The predicted molar refractivity (Wildman–Crippen MR) is 82.1 cm³/mol. The van der Waals surface area contributed by atoms with E-state index in [2.05, 4.69) is 10.9 Å². The summed E-state index contributed by atoms with van der Waals surface area (Å²) >= 11 is 0. The molecule has 2 rings (SSSR count). The molecule has 1 fully saturated rings. The standard InChI is InChI=1S/C15H20N2O3S/c1-10(15-11(2)9-14(18)16-17-15)8-12-6-4-5-7-13(12)21(3,19)20/h4-8,11,15,17H,9H2,1-3H3,(H,16,18)/b10-8+. The average molecular weight is 308 g/mol. The van der Waals surface area contributed by atoms with Gasteiger partial charge in [-0.05, 0) is 24.5 Å². The van der Waals surface area contributed by atoms with E-state index in [-0.39, 0.29) is 17.9 Å². The van der Waals surface area contributed by atoms with Gasteiger partial charge in [-0.15, -0.1) is 0 Å². The number of sulfone groups is 1. The van der Waals surface area contributed by atoms with Gasteiger partial charge in [-0.1, -0.05) is 36.8 Å². The van der Waals surface area contributed by atoms with E-state index in [1.165, 1.54) is 6.26 Å². The molecule has 1 heterocycles. The van der Waals surface area contributed by atoms with Gasteiger partial charge in [-0.25, -0.2) is 13.8 Å². The van der Waals surface area contributed by atoms with E-state index in [0.717, 1.165) is 5.57 Å². The third-order valence-corrected chi connectivity index (χ3v) is 4.81. The molecule has 5 nitrogen and oxygen atoms in total. The number of hydrogen-bond donors (Lipinski definition) is 2. The van der Waals surface area contributed by atoms with Crippen molar-refractivity contribution in [2.24, 2.45) is 5.92 Å². The SMILES string of the molecule is C/C(=C\c1ccccc1S(C)(=O)=O)C1NNC(=O)CC1C. The van der Waals surface area contributed by atoms with E-state index in [0.29, 0.717) is 16.9 Å². The van der Waals surface area contributed by atoms with Crippen molar-refractivity contribution in [1.29, 1.82) is 0 Å². The Kier molecular flexibility index (Phi) is 4.49. The Balaban J connectivity index is 2.34. The van der Waals surface area contributed by atoms with E-state index in [1.807, 2.05) is 26.0 Å². The zero-order valence-electron chi connectivity index (χ0n) is 12.4. The quantitative estimate of drug-likeness (QED) is 0.888. The first-order chi connectivity index (χ1) is 9.79. The summed E-state index contributed by atoms with van der Waals surface area (Å²) in [7, 11) is -3.27. The molecule has 0 radical (unpaired) electrons. The Morgan fingerprint density at radius 1 is 1.33 bits per heavy atom. The fraction of sp³-hybridized carbons (Fsp3) is 0.400. The van der Waals surface area contributed by atoms with Crippen molar-refractivity contribution in [3.63, 3.8) is 0 Å². The van der Waals surface area contributed by atoms with Gasteiger partial charge in [0, 0.05) is 12.7 Å².